The van der Waals surface area contributed by atoms with Crippen LogP contribution in [0.1, 0.15) is 31.1 Å². The summed E-state index contributed by atoms with van der Waals surface area (Å²) in [5, 5.41) is 2.43. The van der Waals surface area contributed by atoms with E-state index in [4.69, 9.17) is 9.47 Å². The van der Waals surface area contributed by atoms with Crippen molar-refractivity contribution in [1.82, 2.24) is 0 Å². The molecule has 0 aliphatic rings. The van der Waals surface area contributed by atoms with Crippen molar-refractivity contribution < 1.29 is 27.8 Å². The normalized spacial score (nSPS) is 11.2. The van der Waals surface area contributed by atoms with Crippen LogP contribution in [0, 0.1) is 0 Å². The van der Waals surface area contributed by atoms with Crippen molar-refractivity contribution in [2.75, 3.05) is 12.4 Å². The molecule has 0 aliphatic carbocycles. The fourth-order valence-corrected chi connectivity index (χ4v) is 1.51. The first-order chi connectivity index (χ1) is 9.64. The molecule has 0 radical (unpaired) electrons. The van der Waals surface area contributed by atoms with Gasteiger partial charge in [-0.05, 0) is 32.9 Å². The molecule has 0 unspecified atom stereocenters. The fraction of sp³-hybridized carbons (Fsp3) is 0.429. The van der Waals surface area contributed by atoms with E-state index in [1.807, 2.05) is 0 Å². The molecule has 5 nitrogen and oxygen atoms in total. The first-order valence-corrected chi connectivity index (χ1v) is 6.14. The second-order valence-electron chi connectivity index (χ2n) is 5.21. The highest BCUT2D eigenvalue weighted by molar-refractivity contribution is 6.01. The Bertz CT molecular complexity index is 538. The molecular weight excluding hydrogens is 284 g/mol. The molecule has 0 aromatic heterocycles. The van der Waals surface area contributed by atoms with Crippen molar-refractivity contribution in [2.24, 2.45) is 0 Å². The third kappa shape index (κ3) is 5.02. The smallest absolute Gasteiger partial charge is 0.412 e. The van der Waals surface area contributed by atoms with Crippen LogP contribution in [-0.2, 0) is 4.74 Å². The lowest BCUT2D eigenvalue weighted by molar-refractivity contribution is 0.0635. The molecule has 1 aromatic carbocycles. The minimum atomic E-state index is -3.12. The van der Waals surface area contributed by atoms with Gasteiger partial charge in [-0.15, -0.1) is 0 Å². The second-order valence-corrected chi connectivity index (χ2v) is 5.21. The van der Waals surface area contributed by atoms with Crippen molar-refractivity contribution in [3.8, 4) is 5.75 Å². The lowest BCUT2D eigenvalue weighted by Gasteiger charge is -2.20. The third-order valence-corrected chi connectivity index (χ3v) is 2.31. The summed E-state index contributed by atoms with van der Waals surface area (Å²) in [4.78, 5) is 22.9. The number of hydrogen-bond acceptors (Lipinski definition) is 4. The molecule has 0 bridgehead atoms. The predicted molar refractivity (Wildman–Crippen MR) is 73.2 cm³/mol. The van der Waals surface area contributed by atoms with Gasteiger partial charge >= 0.3 is 12.5 Å². The first kappa shape index (κ1) is 16.9. The average Bonchev–Trinajstić information content (AvgIpc) is 2.35. The summed E-state index contributed by atoms with van der Waals surface area (Å²) >= 11 is 0. The molecule has 1 N–H and O–H groups in total. The van der Waals surface area contributed by atoms with Gasteiger partial charge in [0.25, 0.3) is 0 Å². The average molecular weight is 301 g/mol. The fourth-order valence-electron chi connectivity index (χ4n) is 1.51. The van der Waals surface area contributed by atoms with Crippen molar-refractivity contribution in [3.63, 3.8) is 0 Å². The predicted octanol–water partition coefficient (Wildman–Crippen LogP) is 3.49. The number of carbonyl (C=O) groups is 2. The maximum atomic E-state index is 12.4. The number of halogens is 2. The van der Waals surface area contributed by atoms with E-state index in [9.17, 15) is 18.4 Å². The molecule has 1 amide bonds. The van der Waals surface area contributed by atoms with Crippen LogP contribution in [0.5, 0.6) is 5.75 Å². The molecule has 1 aromatic rings. The van der Waals surface area contributed by atoms with Crippen LogP contribution in [0.3, 0.4) is 0 Å². The molecular formula is C14H17F2NO4. The summed E-state index contributed by atoms with van der Waals surface area (Å²) in [6, 6.07) is 3.77. The van der Waals surface area contributed by atoms with Gasteiger partial charge in [-0.25, -0.2) is 13.6 Å². The number of alkyl halides is 2. The van der Waals surface area contributed by atoms with Crippen LogP contribution >= 0.6 is 0 Å². The zero-order valence-electron chi connectivity index (χ0n) is 12.2. The van der Waals surface area contributed by atoms with Crippen LogP contribution in [0.25, 0.3) is 0 Å². The Kier molecular flexibility index (Phi) is 5.23. The Balaban J connectivity index is 2.93. The van der Waals surface area contributed by atoms with Gasteiger partial charge in [0, 0.05) is 11.8 Å². The molecule has 0 aliphatic heterocycles. The topological polar surface area (TPSA) is 64.6 Å². The van der Waals surface area contributed by atoms with E-state index in [0.29, 0.717) is 0 Å². The maximum Gasteiger partial charge on any atom is 0.412 e. The molecule has 1 rings (SSSR count). The van der Waals surface area contributed by atoms with Gasteiger partial charge in [0.2, 0.25) is 5.78 Å². The first-order valence-electron chi connectivity index (χ1n) is 6.14. The number of hydrogen-bond donors (Lipinski definition) is 1. The minimum absolute atomic E-state index is 0.0474. The van der Waals surface area contributed by atoms with Crippen LogP contribution in [0.15, 0.2) is 18.2 Å². The van der Waals surface area contributed by atoms with Gasteiger partial charge in [-0.2, -0.15) is 0 Å². The molecule has 0 saturated heterocycles. The van der Waals surface area contributed by atoms with Gasteiger partial charge in [-0.1, -0.05) is 0 Å². The molecule has 7 heteroatoms. The maximum absolute atomic E-state index is 12.4. The van der Waals surface area contributed by atoms with Crippen molar-refractivity contribution >= 4 is 17.6 Å². The summed E-state index contributed by atoms with van der Waals surface area (Å²) in [7, 11) is 1.24. The van der Waals surface area contributed by atoms with E-state index in [-0.39, 0.29) is 17.0 Å². The Morgan fingerprint density at radius 1 is 1.24 bits per heavy atom. The van der Waals surface area contributed by atoms with Crippen molar-refractivity contribution in [1.29, 1.82) is 0 Å². The second kappa shape index (κ2) is 6.51. The number of nitrogens with one attached hydrogen (secondary N) is 1. The number of ether oxygens (including phenoxy) is 2. The number of amides is 1. The van der Waals surface area contributed by atoms with Gasteiger partial charge in [0.05, 0.1) is 12.7 Å². The van der Waals surface area contributed by atoms with E-state index in [1.165, 1.54) is 25.3 Å². The van der Waals surface area contributed by atoms with E-state index in [0.717, 1.165) is 0 Å². The summed E-state index contributed by atoms with van der Waals surface area (Å²) in [5.41, 5.74) is -0.645. The van der Waals surface area contributed by atoms with E-state index < -0.39 is 23.9 Å². The summed E-state index contributed by atoms with van der Waals surface area (Å²) in [6.45, 7) is 5.12. The van der Waals surface area contributed by atoms with Gasteiger partial charge in [0.15, 0.2) is 0 Å². The van der Waals surface area contributed by atoms with E-state index >= 15 is 0 Å². The summed E-state index contributed by atoms with van der Waals surface area (Å²) in [5.74, 6) is -1.38. The quantitative estimate of drug-likeness (QED) is 0.865. The van der Waals surface area contributed by atoms with Crippen molar-refractivity contribution in [2.45, 2.75) is 32.8 Å². The van der Waals surface area contributed by atoms with Crippen LogP contribution in [0.2, 0.25) is 0 Å². The standard InChI is InChI=1S/C14H17F2NO4/c1-14(2,3)21-13(19)17-8-5-6-9(10(7-8)20-4)11(18)12(15)16/h5-7,12H,1-4H3,(H,17,19). The van der Waals surface area contributed by atoms with Crippen LogP contribution in [-0.4, -0.2) is 31.0 Å². The summed E-state index contributed by atoms with van der Waals surface area (Å²) < 4.78 is 34.8. The van der Waals surface area contributed by atoms with Gasteiger partial charge < -0.3 is 9.47 Å². The van der Waals surface area contributed by atoms with Crippen molar-refractivity contribution in [3.05, 3.63) is 23.8 Å². The number of Topliss-reactive ketones (excluding diaryl/α,β-unsaturated/α-hetero) is 1. The number of benzene rings is 1. The SMILES string of the molecule is COc1cc(NC(=O)OC(C)(C)C)ccc1C(=O)C(F)F. The number of rotatable bonds is 4. The number of ketones is 1. The highest BCUT2D eigenvalue weighted by atomic mass is 19.3. The molecule has 0 fully saturated rings. The molecule has 0 spiro atoms. The van der Waals surface area contributed by atoms with Gasteiger partial charge in [0.1, 0.15) is 11.4 Å². The molecule has 0 heterocycles. The Labute approximate surface area is 121 Å². The minimum Gasteiger partial charge on any atom is -0.496 e. The Morgan fingerprint density at radius 2 is 1.86 bits per heavy atom. The Hall–Kier alpha value is -2.18. The highest BCUT2D eigenvalue weighted by Crippen LogP contribution is 2.25. The van der Waals surface area contributed by atoms with Crippen LogP contribution < -0.4 is 10.1 Å². The van der Waals surface area contributed by atoms with Gasteiger partial charge in [-0.3, -0.25) is 10.1 Å². The molecule has 0 saturated carbocycles. The van der Waals surface area contributed by atoms with E-state index in [1.54, 1.807) is 20.8 Å². The monoisotopic (exact) mass is 301 g/mol. The number of carbonyl (C=O) groups excluding carboxylic acids is 2. The van der Waals surface area contributed by atoms with Crippen LogP contribution in [0.4, 0.5) is 19.3 Å². The molecule has 116 valence electrons. The molecule has 21 heavy (non-hydrogen) atoms. The number of methoxy groups -OCH3 is 1. The lowest BCUT2D eigenvalue weighted by Crippen LogP contribution is -2.27. The molecule has 0 atom stereocenters. The highest BCUT2D eigenvalue weighted by Gasteiger charge is 2.22. The third-order valence-electron chi connectivity index (χ3n) is 2.31. The zero-order valence-corrected chi connectivity index (χ0v) is 12.2. The summed E-state index contributed by atoms with van der Waals surface area (Å²) in [6.07, 6.45) is -3.82. The Morgan fingerprint density at radius 3 is 2.33 bits per heavy atom. The largest absolute Gasteiger partial charge is 0.496 e. The number of anilines is 1. The lowest BCUT2D eigenvalue weighted by atomic mass is 10.1. The zero-order chi connectivity index (χ0) is 16.2. The van der Waals surface area contributed by atoms with E-state index in [2.05, 4.69) is 5.32 Å².